The Morgan fingerprint density at radius 2 is 1.83 bits per heavy atom. The zero-order valence-corrected chi connectivity index (χ0v) is 14.5. The molecule has 0 aliphatic rings. The minimum atomic E-state index is 0. The van der Waals surface area contributed by atoms with Crippen LogP contribution < -0.4 is 27.2 Å². The second kappa shape index (κ2) is 10.3. The first-order chi connectivity index (χ1) is 10.7. The van der Waals surface area contributed by atoms with E-state index in [0.717, 1.165) is 12.1 Å². The highest BCUT2D eigenvalue weighted by molar-refractivity contribution is 6.31. The van der Waals surface area contributed by atoms with Gasteiger partial charge in [0.1, 0.15) is 0 Å². The summed E-state index contributed by atoms with van der Waals surface area (Å²) < 4.78 is 10.8. The van der Waals surface area contributed by atoms with Gasteiger partial charge < -0.3 is 32.3 Å². The second-order valence-corrected chi connectivity index (χ2v) is 5.19. The van der Waals surface area contributed by atoms with Crippen molar-refractivity contribution in [2.75, 3.05) is 20.3 Å². The zero-order valence-electron chi connectivity index (χ0n) is 12.9. The van der Waals surface area contributed by atoms with Crippen LogP contribution in [-0.2, 0) is 13.1 Å². The highest BCUT2D eigenvalue weighted by Gasteiger charge is 2.10. The highest BCUT2D eigenvalue weighted by atomic mass is 35.5. The van der Waals surface area contributed by atoms with Gasteiger partial charge in [0, 0.05) is 24.2 Å². The van der Waals surface area contributed by atoms with E-state index in [0.29, 0.717) is 29.7 Å². The third kappa shape index (κ3) is 5.92. The molecule has 23 heavy (non-hydrogen) atoms. The van der Waals surface area contributed by atoms with Gasteiger partial charge in [-0.3, -0.25) is 0 Å². The fourth-order valence-electron chi connectivity index (χ4n) is 2.08. The van der Waals surface area contributed by atoms with Gasteiger partial charge in [-0.1, -0.05) is 41.9 Å². The van der Waals surface area contributed by atoms with Crippen LogP contribution in [0.15, 0.2) is 42.5 Å². The number of benzene rings is 2. The number of hydrogen-bond donors (Lipinski definition) is 1. The molecule has 0 heterocycles. The number of methoxy groups -OCH3 is 1. The van der Waals surface area contributed by atoms with Crippen molar-refractivity contribution in [2.24, 2.45) is 0 Å². The van der Waals surface area contributed by atoms with Crippen LogP contribution in [0.4, 0.5) is 0 Å². The van der Waals surface area contributed by atoms with Crippen LogP contribution in [0.1, 0.15) is 11.1 Å². The number of hydrogen-bond acceptors (Lipinski definition) is 3. The molecule has 0 radical (unpaired) electrons. The van der Waals surface area contributed by atoms with Crippen LogP contribution in [0, 0.1) is 0 Å². The summed E-state index contributed by atoms with van der Waals surface area (Å²) in [5, 5.41) is 11.1. The maximum atomic E-state index is 7.14. The van der Waals surface area contributed by atoms with Crippen molar-refractivity contribution in [1.29, 1.82) is 0 Å². The number of ether oxygens (including phenoxy) is 2. The van der Waals surface area contributed by atoms with Gasteiger partial charge in [0.15, 0.2) is 24.7 Å². The van der Waals surface area contributed by atoms with Gasteiger partial charge in [-0.15, -0.1) is 0 Å². The molecule has 2 aromatic carbocycles. The van der Waals surface area contributed by atoms with Crippen LogP contribution in [0.3, 0.4) is 0 Å². The molecule has 0 saturated carbocycles. The quantitative estimate of drug-likeness (QED) is 0.662. The molecule has 0 bridgehead atoms. The molecule has 0 amide bonds. The average molecular weight is 358 g/mol. The molecule has 3 N–H and O–H groups in total. The Morgan fingerprint density at radius 1 is 1.09 bits per heavy atom. The van der Waals surface area contributed by atoms with Gasteiger partial charge in [0.25, 0.3) is 0 Å². The molecule has 0 unspecified atom stereocenters. The first kappa shape index (κ1) is 19.6. The Bertz CT molecular complexity index is 594. The molecule has 126 valence electrons. The second-order valence-electron chi connectivity index (χ2n) is 4.78. The Balaban J connectivity index is 0.00000264. The molecule has 6 heteroatoms. The fourth-order valence-corrected chi connectivity index (χ4v) is 2.30. The molecule has 0 aromatic heterocycles. The Morgan fingerprint density at radius 3 is 2.48 bits per heavy atom. The Labute approximate surface area is 147 Å². The van der Waals surface area contributed by atoms with Crippen LogP contribution in [-0.4, -0.2) is 25.4 Å². The van der Waals surface area contributed by atoms with Crippen molar-refractivity contribution in [3.8, 4) is 11.5 Å². The predicted octanol–water partition coefficient (Wildman–Crippen LogP) is -0.254. The normalized spacial score (nSPS) is 10.0. The summed E-state index contributed by atoms with van der Waals surface area (Å²) in [7, 11) is 1.60. The lowest BCUT2D eigenvalue weighted by atomic mass is 10.2. The van der Waals surface area contributed by atoms with E-state index in [1.807, 2.05) is 24.3 Å². The van der Waals surface area contributed by atoms with Crippen LogP contribution in [0.5, 0.6) is 11.5 Å². The number of nitrogens with one attached hydrogen (secondary N) is 1. The lowest BCUT2D eigenvalue weighted by Crippen LogP contribution is -3.00. The topological polar surface area (TPSA) is 53.4 Å². The molecule has 0 fully saturated rings. The monoisotopic (exact) mass is 357 g/mol. The van der Waals surface area contributed by atoms with Crippen molar-refractivity contribution >= 4 is 11.6 Å². The molecule has 0 spiro atoms. The lowest BCUT2D eigenvalue weighted by molar-refractivity contribution is -0.00000584. The SMILES string of the molecule is COc1cc(CNCc2ccccc2)c(Cl)cc1OCC[OH2+].[Cl-]. The van der Waals surface area contributed by atoms with Gasteiger partial charge in [-0.05, 0) is 17.2 Å². The summed E-state index contributed by atoms with van der Waals surface area (Å²) in [5.41, 5.74) is 2.17. The summed E-state index contributed by atoms with van der Waals surface area (Å²) in [6.45, 7) is 1.93. The van der Waals surface area contributed by atoms with E-state index in [2.05, 4.69) is 17.4 Å². The lowest BCUT2D eigenvalue weighted by Gasteiger charge is -2.13. The Hall–Kier alpha value is -1.46. The third-order valence-electron chi connectivity index (χ3n) is 3.18. The largest absolute Gasteiger partial charge is 1.00 e. The maximum Gasteiger partial charge on any atom is 0.178 e. The summed E-state index contributed by atoms with van der Waals surface area (Å²) in [6.07, 6.45) is 0. The molecule has 0 atom stereocenters. The fraction of sp³-hybridized carbons (Fsp3) is 0.294. The molecule has 0 saturated heterocycles. The van der Waals surface area contributed by atoms with E-state index < -0.39 is 0 Å². The molecule has 2 rings (SSSR count). The van der Waals surface area contributed by atoms with Crippen LogP contribution in [0.2, 0.25) is 5.02 Å². The predicted molar refractivity (Wildman–Crippen MR) is 89.0 cm³/mol. The van der Waals surface area contributed by atoms with E-state index in [9.17, 15) is 0 Å². The first-order valence-electron chi connectivity index (χ1n) is 7.13. The summed E-state index contributed by atoms with van der Waals surface area (Å²) in [4.78, 5) is 0. The van der Waals surface area contributed by atoms with Gasteiger partial charge in [-0.2, -0.15) is 0 Å². The standard InChI is InChI=1S/C17H20ClNO3.ClH/c1-21-16-9-14(15(18)10-17(16)22-8-7-20)12-19-11-13-5-3-2-4-6-13;/h2-6,9-10,19-20H,7-8,11-12H2,1H3;1H. The average Bonchev–Trinajstić information content (AvgIpc) is 2.55. The smallest absolute Gasteiger partial charge is 0.178 e. The molecule has 0 aliphatic carbocycles. The van der Waals surface area contributed by atoms with Crippen molar-refractivity contribution in [3.05, 3.63) is 58.6 Å². The van der Waals surface area contributed by atoms with Gasteiger partial charge in [0.05, 0.1) is 7.11 Å². The van der Waals surface area contributed by atoms with Crippen molar-refractivity contribution in [2.45, 2.75) is 13.1 Å². The zero-order chi connectivity index (χ0) is 15.8. The molecular formula is C17H21Cl2NO3. The Kier molecular flexibility index (Phi) is 8.81. The van der Waals surface area contributed by atoms with E-state index in [4.69, 9.17) is 26.2 Å². The van der Waals surface area contributed by atoms with E-state index in [-0.39, 0.29) is 19.0 Å². The highest BCUT2D eigenvalue weighted by Crippen LogP contribution is 2.33. The van der Waals surface area contributed by atoms with Gasteiger partial charge in [-0.25, -0.2) is 0 Å². The first-order valence-corrected chi connectivity index (χ1v) is 7.51. The number of rotatable bonds is 8. The minimum Gasteiger partial charge on any atom is -1.00 e. The number of halogens is 2. The summed E-state index contributed by atoms with van der Waals surface area (Å²) >= 11 is 6.30. The minimum absolute atomic E-state index is 0. The molecule has 4 nitrogen and oxygen atoms in total. The van der Waals surface area contributed by atoms with Crippen LogP contribution in [0.25, 0.3) is 0 Å². The summed E-state index contributed by atoms with van der Waals surface area (Å²) in [6, 6.07) is 13.8. The van der Waals surface area contributed by atoms with Crippen molar-refractivity contribution in [3.63, 3.8) is 0 Å². The van der Waals surface area contributed by atoms with E-state index >= 15 is 0 Å². The maximum absolute atomic E-state index is 7.14. The third-order valence-corrected chi connectivity index (χ3v) is 3.53. The molecule has 0 aliphatic heterocycles. The van der Waals surface area contributed by atoms with Gasteiger partial charge >= 0.3 is 0 Å². The van der Waals surface area contributed by atoms with Gasteiger partial charge in [0.2, 0.25) is 0 Å². The molecule has 2 aromatic rings. The van der Waals surface area contributed by atoms with E-state index in [1.165, 1.54) is 5.56 Å². The van der Waals surface area contributed by atoms with E-state index in [1.54, 1.807) is 13.2 Å². The van der Waals surface area contributed by atoms with Crippen molar-refractivity contribution in [1.82, 2.24) is 5.32 Å². The summed E-state index contributed by atoms with van der Waals surface area (Å²) in [5.74, 6) is 1.21. The molecular weight excluding hydrogens is 337 g/mol. The van der Waals surface area contributed by atoms with Crippen LogP contribution >= 0.6 is 11.6 Å². The van der Waals surface area contributed by atoms with Crippen molar-refractivity contribution < 1.29 is 27.0 Å².